The Kier molecular flexibility index (Phi) is 15.8. The third-order valence-corrected chi connectivity index (χ3v) is 16.6. The van der Waals surface area contributed by atoms with Crippen LogP contribution in [0.15, 0.2) is 121 Å². The van der Waals surface area contributed by atoms with Gasteiger partial charge in [0.05, 0.1) is 33.0 Å². The molecule has 0 amide bonds. The van der Waals surface area contributed by atoms with Crippen molar-refractivity contribution in [2.45, 2.75) is 121 Å². The molecule has 1 fully saturated rings. The minimum atomic E-state index is -2.28. The molecule has 0 N–H and O–H groups in total. The topological polar surface area (TPSA) is 64.6 Å². The maximum absolute atomic E-state index is 7.26. The molecule has 8 heteroatoms. The SMILES string of the molecule is CO[C@H]1O[C@H]([C@@H](CO[Si](C(C)C)(C(C)C)C(C)C)OCc2ccccc2)[C@@H](OCc2ccccc2)[C@H](OCc2ccccc2)[C@@H]1OCc1ccccc1. The van der Waals surface area contributed by atoms with Crippen LogP contribution >= 0.6 is 0 Å². The van der Waals surface area contributed by atoms with E-state index >= 15 is 0 Å². The number of hydrogen-bond donors (Lipinski definition) is 0. The molecule has 0 aromatic heterocycles. The van der Waals surface area contributed by atoms with Gasteiger partial charge in [0, 0.05) is 7.11 Å². The van der Waals surface area contributed by atoms with Crippen molar-refractivity contribution in [2.24, 2.45) is 0 Å². The largest absolute Gasteiger partial charge is 0.413 e. The first-order valence-electron chi connectivity index (χ1n) is 19.2. The van der Waals surface area contributed by atoms with Gasteiger partial charge in [-0.05, 0) is 38.9 Å². The van der Waals surface area contributed by atoms with Gasteiger partial charge in [0.25, 0.3) is 0 Å². The standard InChI is InChI=1S/C45H60O7Si/c1-33(2)53(34(3)4,35(5)6)51-32-40(47-28-36-20-12-8-13-21-36)41-42(48-29-37-22-14-9-15-23-37)43(49-30-38-24-16-10-17-25-38)44(45(46-7)52-41)50-31-39-26-18-11-19-27-39/h8-27,33-35,40-45H,28-32H2,1-7H3/t40-,41-,42-,43+,44+,45+/m1/s1. The molecular formula is C45H60O7Si. The summed E-state index contributed by atoms with van der Waals surface area (Å²) in [6, 6.07) is 40.8. The van der Waals surface area contributed by atoms with Gasteiger partial charge >= 0.3 is 0 Å². The average Bonchev–Trinajstić information content (AvgIpc) is 3.18. The monoisotopic (exact) mass is 740 g/mol. The number of hydrogen-bond acceptors (Lipinski definition) is 7. The van der Waals surface area contributed by atoms with Crippen molar-refractivity contribution < 1.29 is 32.8 Å². The van der Waals surface area contributed by atoms with Crippen LogP contribution in [0.3, 0.4) is 0 Å². The predicted octanol–water partition coefficient (Wildman–Crippen LogP) is 9.89. The summed E-state index contributed by atoms with van der Waals surface area (Å²) in [5, 5.41) is 0. The maximum Gasteiger partial charge on any atom is 0.200 e. The molecule has 53 heavy (non-hydrogen) atoms. The van der Waals surface area contributed by atoms with Crippen LogP contribution in [0.1, 0.15) is 63.8 Å². The van der Waals surface area contributed by atoms with Crippen LogP contribution < -0.4 is 0 Å². The molecule has 6 atom stereocenters. The number of rotatable bonds is 20. The predicted molar refractivity (Wildman–Crippen MR) is 213 cm³/mol. The van der Waals surface area contributed by atoms with Crippen LogP contribution in [-0.2, 0) is 59.3 Å². The summed E-state index contributed by atoms with van der Waals surface area (Å²) in [5.74, 6) is 0. The van der Waals surface area contributed by atoms with Gasteiger partial charge in [0.15, 0.2) is 14.6 Å². The quantitative estimate of drug-likeness (QED) is 0.0837. The van der Waals surface area contributed by atoms with Crippen LogP contribution in [0.5, 0.6) is 0 Å². The van der Waals surface area contributed by atoms with Crippen molar-refractivity contribution in [1.29, 1.82) is 0 Å². The smallest absolute Gasteiger partial charge is 0.200 e. The summed E-state index contributed by atoms with van der Waals surface area (Å²) in [6.07, 6.45) is -3.64. The minimum Gasteiger partial charge on any atom is -0.413 e. The third-order valence-electron chi connectivity index (χ3n) is 10.5. The zero-order valence-corrected chi connectivity index (χ0v) is 33.6. The Bertz CT molecular complexity index is 1550. The Hall–Kier alpha value is -3.18. The molecule has 286 valence electrons. The number of methoxy groups -OCH3 is 1. The van der Waals surface area contributed by atoms with Crippen molar-refractivity contribution in [1.82, 2.24) is 0 Å². The molecule has 0 bridgehead atoms. The number of benzene rings is 4. The molecule has 0 aliphatic carbocycles. The normalized spacial score (nSPS) is 21.4. The van der Waals surface area contributed by atoms with Gasteiger partial charge in [-0.3, -0.25) is 0 Å². The molecule has 1 saturated heterocycles. The summed E-state index contributed by atoms with van der Waals surface area (Å²) in [5.41, 5.74) is 5.42. The van der Waals surface area contributed by atoms with E-state index in [4.69, 9.17) is 32.8 Å². The second-order valence-electron chi connectivity index (χ2n) is 15.0. The maximum atomic E-state index is 7.26. The molecular weight excluding hydrogens is 681 g/mol. The summed E-state index contributed by atoms with van der Waals surface area (Å²) < 4.78 is 47.8. The zero-order valence-electron chi connectivity index (χ0n) is 32.6. The second kappa shape index (κ2) is 20.5. The first-order chi connectivity index (χ1) is 25.7. The Morgan fingerprint density at radius 2 is 0.887 bits per heavy atom. The summed E-state index contributed by atoms with van der Waals surface area (Å²) in [4.78, 5) is 0. The number of ether oxygens (including phenoxy) is 6. The lowest BCUT2D eigenvalue weighted by Gasteiger charge is -2.48. The van der Waals surface area contributed by atoms with E-state index in [2.05, 4.69) is 90.1 Å². The van der Waals surface area contributed by atoms with Crippen LogP contribution in [0.4, 0.5) is 0 Å². The van der Waals surface area contributed by atoms with Crippen molar-refractivity contribution in [2.75, 3.05) is 13.7 Å². The Morgan fingerprint density at radius 3 is 1.28 bits per heavy atom. The summed E-state index contributed by atoms with van der Waals surface area (Å²) in [7, 11) is -0.627. The molecule has 1 heterocycles. The van der Waals surface area contributed by atoms with Gasteiger partial charge < -0.3 is 32.8 Å². The van der Waals surface area contributed by atoms with Gasteiger partial charge in [-0.25, -0.2) is 0 Å². The van der Waals surface area contributed by atoms with Gasteiger partial charge in [-0.1, -0.05) is 163 Å². The molecule has 4 aromatic rings. The first kappa shape index (κ1) is 41.0. The molecule has 0 radical (unpaired) electrons. The van der Waals surface area contributed by atoms with E-state index in [1.54, 1.807) is 7.11 Å². The van der Waals surface area contributed by atoms with E-state index in [1.807, 2.05) is 72.8 Å². The molecule has 4 aromatic carbocycles. The van der Waals surface area contributed by atoms with E-state index in [0.29, 0.717) is 49.7 Å². The minimum absolute atomic E-state index is 0.348. The molecule has 5 rings (SSSR count). The second-order valence-corrected chi connectivity index (χ2v) is 20.4. The molecule has 0 saturated carbocycles. The molecule has 7 nitrogen and oxygen atoms in total. The Labute approximate surface area is 319 Å². The van der Waals surface area contributed by atoms with E-state index in [1.165, 1.54) is 0 Å². The van der Waals surface area contributed by atoms with E-state index in [-0.39, 0.29) is 0 Å². The van der Waals surface area contributed by atoms with Crippen LogP contribution in [0, 0.1) is 0 Å². The summed E-state index contributed by atoms with van der Waals surface area (Å²) in [6.45, 7) is 15.6. The fourth-order valence-corrected chi connectivity index (χ4v) is 13.4. The zero-order chi connectivity index (χ0) is 37.6. The first-order valence-corrected chi connectivity index (χ1v) is 21.3. The van der Waals surface area contributed by atoms with Gasteiger partial charge in [-0.2, -0.15) is 0 Å². The lowest BCUT2D eigenvalue weighted by Crippen LogP contribution is -2.64. The molecule has 0 spiro atoms. The van der Waals surface area contributed by atoms with E-state index in [9.17, 15) is 0 Å². The van der Waals surface area contributed by atoms with Crippen LogP contribution in [-0.4, -0.2) is 58.8 Å². The highest BCUT2D eigenvalue weighted by Gasteiger charge is 2.53. The average molecular weight is 741 g/mol. The van der Waals surface area contributed by atoms with Gasteiger partial charge in [-0.15, -0.1) is 0 Å². The van der Waals surface area contributed by atoms with Gasteiger partial charge in [0.2, 0.25) is 0 Å². The third kappa shape index (κ3) is 11.0. The fraction of sp³-hybridized carbons (Fsp3) is 0.467. The van der Waals surface area contributed by atoms with Gasteiger partial charge in [0.1, 0.15) is 30.5 Å². The Morgan fingerprint density at radius 1 is 0.509 bits per heavy atom. The lowest BCUT2D eigenvalue weighted by molar-refractivity contribution is -0.333. The highest BCUT2D eigenvalue weighted by Crippen LogP contribution is 2.43. The summed E-state index contributed by atoms with van der Waals surface area (Å²) >= 11 is 0. The van der Waals surface area contributed by atoms with Crippen LogP contribution in [0.2, 0.25) is 16.6 Å². The Balaban J connectivity index is 1.55. The molecule has 1 aliphatic rings. The van der Waals surface area contributed by atoms with E-state index < -0.39 is 45.1 Å². The highest BCUT2D eigenvalue weighted by atomic mass is 28.4. The van der Waals surface area contributed by atoms with Crippen molar-refractivity contribution in [3.05, 3.63) is 144 Å². The van der Waals surface area contributed by atoms with Crippen molar-refractivity contribution >= 4 is 8.32 Å². The van der Waals surface area contributed by atoms with Crippen molar-refractivity contribution in [3.8, 4) is 0 Å². The van der Waals surface area contributed by atoms with Crippen molar-refractivity contribution in [3.63, 3.8) is 0 Å². The highest BCUT2D eigenvalue weighted by molar-refractivity contribution is 6.77. The van der Waals surface area contributed by atoms with Crippen LogP contribution in [0.25, 0.3) is 0 Å². The lowest BCUT2D eigenvalue weighted by atomic mass is 9.94. The molecule has 0 unspecified atom stereocenters. The fourth-order valence-electron chi connectivity index (χ4n) is 7.92. The molecule has 1 aliphatic heterocycles. The van der Waals surface area contributed by atoms with E-state index in [0.717, 1.165) is 22.3 Å².